The Hall–Kier alpha value is -4.95. The molecule has 0 atom stereocenters. The van der Waals surface area contributed by atoms with Crippen LogP contribution in [0.4, 0.5) is 0 Å². The van der Waals surface area contributed by atoms with Gasteiger partial charge in [0.1, 0.15) is 0 Å². The summed E-state index contributed by atoms with van der Waals surface area (Å²) in [6.45, 7) is 0. The minimum atomic E-state index is -0.689. The van der Waals surface area contributed by atoms with E-state index < -0.39 is 7.92 Å². The fourth-order valence-electron chi connectivity index (χ4n) is 4.87. The van der Waals surface area contributed by atoms with Crippen molar-refractivity contribution in [2.75, 3.05) is 0 Å². The number of hydrogen-bond acceptors (Lipinski definition) is 2. The molecule has 1 N–H and O–H groups in total. The first kappa shape index (κ1) is 23.4. The SMILES string of the molecule is N#Cc1ccc(-c2[nH]c3cc(C#N)ccc3c2-c2ccc(P(c3ccccc3)c3ccccc3)cc2)cc1. The van der Waals surface area contributed by atoms with Crippen molar-refractivity contribution in [3.05, 3.63) is 139 Å². The third-order valence-corrected chi connectivity index (χ3v) is 9.12. The zero-order chi connectivity index (χ0) is 25.9. The second-order valence-electron chi connectivity index (χ2n) is 8.99. The Morgan fingerprint density at radius 2 is 1.05 bits per heavy atom. The summed E-state index contributed by atoms with van der Waals surface area (Å²) in [5.74, 6) is 0. The van der Waals surface area contributed by atoms with Crippen molar-refractivity contribution in [3.8, 4) is 34.5 Å². The Bertz CT molecular complexity index is 1770. The third kappa shape index (κ3) is 4.38. The highest BCUT2D eigenvalue weighted by molar-refractivity contribution is 7.79. The Balaban J connectivity index is 1.49. The second-order valence-corrected chi connectivity index (χ2v) is 11.2. The van der Waals surface area contributed by atoms with Crippen LogP contribution in [0.3, 0.4) is 0 Å². The molecule has 0 bridgehead atoms. The monoisotopic (exact) mass is 503 g/mol. The van der Waals surface area contributed by atoms with Gasteiger partial charge in [-0.1, -0.05) is 103 Å². The first-order chi connectivity index (χ1) is 18.7. The molecule has 4 heteroatoms. The number of aromatic nitrogens is 1. The van der Waals surface area contributed by atoms with Gasteiger partial charge in [0.25, 0.3) is 0 Å². The molecule has 0 fully saturated rings. The van der Waals surface area contributed by atoms with E-state index in [-0.39, 0.29) is 0 Å². The number of fused-ring (bicyclic) bond motifs is 1. The molecule has 0 saturated heterocycles. The lowest BCUT2D eigenvalue weighted by molar-refractivity contribution is 1.43. The minimum Gasteiger partial charge on any atom is -0.354 e. The van der Waals surface area contributed by atoms with Crippen molar-refractivity contribution in [1.82, 2.24) is 4.98 Å². The molecule has 0 radical (unpaired) electrons. The van der Waals surface area contributed by atoms with Gasteiger partial charge < -0.3 is 4.98 Å². The van der Waals surface area contributed by atoms with Crippen LogP contribution in [0.2, 0.25) is 0 Å². The molecule has 0 unspecified atom stereocenters. The largest absolute Gasteiger partial charge is 0.354 e. The zero-order valence-corrected chi connectivity index (χ0v) is 21.4. The van der Waals surface area contributed by atoms with Gasteiger partial charge in [-0.2, -0.15) is 10.5 Å². The molecule has 0 spiro atoms. The van der Waals surface area contributed by atoms with E-state index in [0.29, 0.717) is 11.1 Å². The van der Waals surface area contributed by atoms with Crippen molar-refractivity contribution >= 4 is 34.7 Å². The highest BCUT2D eigenvalue weighted by atomic mass is 31.1. The van der Waals surface area contributed by atoms with Crippen LogP contribution in [-0.4, -0.2) is 4.98 Å². The van der Waals surface area contributed by atoms with Gasteiger partial charge >= 0.3 is 0 Å². The van der Waals surface area contributed by atoms with E-state index in [9.17, 15) is 10.5 Å². The van der Waals surface area contributed by atoms with Crippen LogP contribution in [0.5, 0.6) is 0 Å². The van der Waals surface area contributed by atoms with Gasteiger partial charge in [0.15, 0.2) is 0 Å². The van der Waals surface area contributed by atoms with Gasteiger partial charge in [-0.3, -0.25) is 0 Å². The summed E-state index contributed by atoms with van der Waals surface area (Å²) in [5, 5.41) is 23.7. The molecule has 38 heavy (non-hydrogen) atoms. The van der Waals surface area contributed by atoms with E-state index in [4.69, 9.17) is 0 Å². The smallest absolute Gasteiger partial charge is 0.0992 e. The quantitative estimate of drug-likeness (QED) is 0.257. The number of benzene rings is 5. The minimum absolute atomic E-state index is 0.614. The van der Waals surface area contributed by atoms with Crippen molar-refractivity contribution in [2.24, 2.45) is 0 Å². The average Bonchev–Trinajstić information content (AvgIpc) is 3.37. The molecule has 178 valence electrons. The summed E-state index contributed by atoms with van der Waals surface area (Å²) < 4.78 is 0. The predicted molar refractivity (Wildman–Crippen MR) is 157 cm³/mol. The van der Waals surface area contributed by atoms with Crippen LogP contribution in [-0.2, 0) is 0 Å². The molecule has 1 heterocycles. The van der Waals surface area contributed by atoms with E-state index in [2.05, 4.69) is 102 Å². The van der Waals surface area contributed by atoms with Crippen molar-refractivity contribution < 1.29 is 0 Å². The number of H-pyrrole nitrogens is 1. The Kier molecular flexibility index (Phi) is 6.29. The summed E-state index contributed by atoms with van der Waals surface area (Å²) in [7, 11) is -0.689. The number of aromatic amines is 1. The van der Waals surface area contributed by atoms with Gasteiger partial charge in [-0.25, -0.2) is 0 Å². The lowest BCUT2D eigenvalue weighted by Gasteiger charge is -2.19. The number of nitrogens with zero attached hydrogens (tertiary/aromatic N) is 2. The van der Waals surface area contributed by atoms with Crippen LogP contribution >= 0.6 is 7.92 Å². The van der Waals surface area contributed by atoms with Crippen molar-refractivity contribution in [1.29, 1.82) is 10.5 Å². The summed E-state index contributed by atoms with van der Waals surface area (Å²) in [6.07, 6.45) is 0. The molecule has 5 aromatic carbocycles. The molecule has 0 aliphatic heterocycles. The second kappa shape index (κ2) is 10.2. The normalized spacial score (nSPS) is 10.8. The Morgan fingerprint density at radius 3 is 1.63 bits per heavy atom. The van der Waals surface area contributed by atoms with Gasteiger partial charge in [-0.15, -0.1) is 0 Å². The van der Waals surface area contributed by atoms with Crippen LogP contribution in [0.25, 0.3) is 33.3 Å². The summed E-state index contributed by atoms with van der Waals surface area (Å²) in [4.78, 5) is 3.55. The van der Waals surface area contributed by atoms with Gasteiger partial charge in [0.2, 0.25) is 0 Å². The maximum absolute atomic E-state index is 9.44. The zero-order valence-electron chi connectivity index (χ0n) is 20.5. The van der Waals surface area contributed by atoms with E-state index in [1.165, 1.54) is 15.9 Å². The highest BCUT2D eigenvalue weighted by Crippen LogP contribution is 2.40. The van der Waals surface area contributed by atoms with Crippen molar-refractivity contribution in [2.45, 2.75) is 0 Å². The van der Waals surface area contributed by atoms with Gasteiger partial charge in [0, 0.05) is 16.5 Å². The van der Waals surface area contributed by atoms with E-state index in [0.717, 1.165) is 33.3 Å². The Morgan fingerprint density at radius 1 is 0.526 bits per heavy atom. The highest BCUT2D eigenvalue weighted by Gasteiger charge is 2.19. The number of nitrogens with one attached hydrogen (secondary N) is 1. The summed E-state index contributed by atoms with van der Waals surface area (Å²) in [6, 6.07) is 48.1. The van der Waals surface area contributed by atoms with Crippen LogP contribution in [0, 0.1) is 22.7 Å². The third-order valence-electron chi connectivity index (χ3n) is 6.67. The predicted octanol–water partition coefficient (Wildman–Crippen LogP) is 7.00. The molecule has 0 amide bonds. The molecular formula is C34H22N3P. The number of nitriles is 2. The first-order valence-electron chi connectivity index (χ1n) is 12.3. The summed E-state index contributed by atoms with van der Waals surface area (Å²) in [5.41, 5.74) is 6.30. The molecule has 0 aliphatic carbocycles. The summed E-state index contributed by atoms with van der Waals surface area (Å²) >= 11 is 0. The maximum atomic E-state index is 9.44. The lowest BCUT2D eigenvalue weighted by atomic mass is 9.97. The molecule has 6 rings (SSSR count). The van der Waals surface area contributed by atoms with E-state index in [1.807, 2.05) is 42.5 Å². The van der Waals surface area contributed by atoms with E-state index >= 15 is 0 Å². The van der Waals surface area contributed by atoms with Crippen LogP contribution in [0.1, 0.15) is 11.1 Å². The van der Waals surface area contributed by atoms with Crippen LogP contribution < -0.4 is 15.9 Å². The van der Waals surface area contributed by atoms with Crippen LogP contribution in [0.15, 0.2) is 127 Å². The molecule has 3 nitrogen and oxygen atoms in total. The molecule has 0 aliphatic rings. The Labute approximate surface area is 223 Å². The number of hydrogen-bond donors (Lipinski definition) is 1. The lowest BCUT2D eigenvalue weighted by Crippen LogP contribution is -2.20. The molecule has 6 aromatic rings. The maximum Gasteiger partial charge on any atom is 0.0992 e. The van der Waals surface area contributed by atoms with E-state index in [1.54, 1.807) is 0 Å². The molecule has 1 aromatic heterocycles. The fraction of sp³-hybridized carbons (Fsp3) is 0. The fourth-order valence-corrected chi connectivity index (χ4v) is 7.16. The molecular weight excluding hydrogens is 481 g/mol. The van der Waals surface area contributed by atoms with Gasteiger partial charge in [-0.05, 0) is 59.2 Å². The first-order valence-corrected chi connectivity index (χ1v) is 13.7. The topological polar surface area (TPSA) is 63.4 Å². The molecule has 0 saturated carbocycles. The van der Waals surface area contributed by atoms with Crippen molar-refractivity contribution in [3.63, 3.8) is 0 Å². The number of rotatable bonds is 5. The average molecular weight is 504 g/mol. The standard InChI is InChI=1S/C34H22N3P/c35-22-24-11-14-27(15-12-24)34-33(31-20-13-25(23-36)21-32(31)37-34)26-16-18-30(19-17-26)38(28-7-3-1-4-8-28)29-9-5-2-6-10-29/h1-21,37H. The van der Waals surface area contributed by atoms with Gasteiger partial charge in [0.05, 0.1) is 29.0 Å².